The third-order valence-electron chi connectivity index (χ3n) is 3.00. The summed E-state index contributed by atoms with van der Waals surface area (Å²) in [5.41, 5.74) is -0.530. The minimum absolute atomic E-state index is 0.0617. The van der Waals surface area contributed by atoms with Crippen LogP contribution in [-0.2, 0) is 19.1 Å². The predicted octanol–water partition coefficient (Wildman–Crippen LogP) is 0.612. The molecule has 1 aliphatic heterocycles. The second-order valence-electron chi connectivity index (χ2n) is 5.79. The Morgan fingerprint density at radius 2 is 1.95 bits per heavy atom. The zero-order valence-electron chi connectivity index (χ0n) is 12.6. The summed E-state index contributed by atoms with van der Waals surface area (Å²) < 4.78 is 4.56. The molecule has 1 N–H and O–H groups in total. The van der Waals surface area contributed by atoms with Gasteiger partial charge in [-0.3, -0.25) is 9.59 Å². The highest BCUT2D eigenvalue weighted by Gasteiger charge is 2.39. The van der Waals surface area contributed by atoms with Crippen molar-refractivity contribution < 1.29 is 19.1 Å². The molecule has 2 atom stereocenters. The molecule has 1 rings (SSSR count). The van der Waals surface area contributed by atoms with Gasteiger partial charge in [0.05, 0.1) is 13.0 Å². The van der Waals surface area contributed by atoms with Gasteiger partial charge in [0.15, 0.2) is 0 Å². The number of carbonyl (C=O) groups excluding carboxylic acids is 3. The Morgan fingerprint density at radius 3 is 2.45 bits per heavy atom. The van der Waals surface area contributed by atoms with E-state index in [0.717, 1.165) is 0 Å². The molecule has 6 nitrogen and oxygen atoms in total. The average molecular weight is 302 g/mol. The van der Waals surface area contributed by atoms with E-state index in [-0.39, 0.29) is 11.8 Å². The summed E-state index contributed by atoms with van der Waals surface area (Å²) in [6.07, 6.45) is 0. The van der Waals surface area contributed by atoms with Crippen molar-refractivity contribution in [3.8, 4) is 0 Å². The lowest BCUT2D eigenvalue weighted by atomic mass is 9.94. The third-order valence-corrected chi connectivity index (χ3v) is 4.01. The number of hydrogen-bond donors (Lipinski definition) is 1. The second kappa shape index (κ2) is 6.47. The van der Waals surface area contributed by atoms with E-state index in [1.54, 1.807) is 11.8 Å². The summed E-state index contributed by atoms with van der Waals surface area (Å²) in [6, 6.07) is -1.25. The van der Waals surface area contributed by atoms with Crippen molar-refractivity contribution in [3.05, 3.63) is 0 Å². The molecule has 1 aliphatic rings. The molecule has 0 radical (unpaired) electrons. The number of rotatable bonds is 3. The van der Waals surface area contributed by atoms with Crippen molar-refractivity contribution in [3.63, 3.8) is 0 Å². The van der Waals surface area contributed by atoms with Crippen LogP contribution in [0.1, 0.15) is 27.7 Å². The maximum absolute atomic E-state index is 12.3. The van der Waals surface area contributed by atoms with Crippen molar-refractivity contribution >= 4 is 29.5 Å². The smallest absolute Gasteiger partial charge is 0.328 e. The molecule has 1 unspecified atom stereocenters. The molecule has 114 valence electrons. The quantitative estimate of drug-likeness (QED) is 0.773. The molecule has 0 aromatic carbocycles. The molecule has 2 amide bonds. The standard InChI is InChI=1S/C13H22N2O4S/c1-8(11(17)19-5)14-10(16)9-6-20-7-15(9)12(18)13(2,3)4/h8-9H,6-7H2,1-5H3,(H,14,16)/t8-,9?/m1/s1. The first-order valence-corrected chi connectivity index (χ1v) is 7.61. The monoisotopic (exact) mass is 302 g/mol. The number of carbonyl (C=O) groups is 3. The van der Waals surface area contributed by atoms with Crippen LogP contribution < -0.4 is 5.32 Å². The van der Waals surface area contributed by atoms with E-state index in [9.17, 15) is 14.4 Å². The van der Waals surface area contributed by atoms with Crippen LogP contribution in [0.5, 0.6) is 0 Å². The van der Waals surface area contributed by atoms with E-state index in [1.807, 2.05) is 20.8 Å². The average Bonchev–Trinajstić information content (AvgIpc) is 2.84. The first-order valence-electron chi connectivity index (χ1n) is 6.45. The van der Waals surface area contributed by atoms with Gasteiger partial charge in [-0.15, -0.1) is 11.8 Å². The summed E-state index contributed by atoms with van der Waals surface area (Å²) >= 11 is 1.53. The summed E-state index contributed by atoms with van der Waals surface area (Å²) in [7, 11) is 1.27. The zero-order valence-corrected chi connectivity index (χ0v) is 13.4. The number of ether oxygens (including phenoxy) is 1. The number of esters is 1. The van der Waals surface area contributed by atoms with Gasteiger partial charge in [0.2, 0.25) is 11.8 Å². The number of methoxy groups -OCH3 is 1. The topological polar surface area (TPSA) is 75.7 Å². The van der Waals surface area contributed by atoms with Crippen LogP contribution in [0.25, 0.3) is 0 Å². The SMILES string of the molecule is COC(=O)[C@@H](C)NC(=O)C1CSCN1C(=O)C(C)(C)C. The van der Waals surface area contributed by atoms with E-state index < -0.39 is 23.5 Å². The third kappa shape index (κ3) is 3.88. The maximum Gasteiger partial charge on any atom is 0.328 e. The summed E-state index contributed by atoms with van der Waals surface area (Å²) in [5.74, 6) is 0.166. The second-order valence-corrected chi connectivity index (χ2v) is 6.79. The molecule has 0 aromatic heterocycles. The van der Waals surface area contributed by atoms with E-state index in [2.05, 4.69) is 10.1 Å². The Balaban J connectivity index is 2.72. The van der Waals surface area contributed by atoms with E-state index >= 15 is 0 Å². The molecule has 0 aliphatic carbocycles. The van der Waals surface area contributed by atoms with Crippen LogP contribution in [0.15, 0.2) is 0 Å². The fourth-order valence-electron chi connectivity index (χ4n) is 1.84. The van der Waals surface area contributed by atoms with Crippen molar-refractivity contribution in [2.45, 2.75) is 39.8 Å². The Kier molecular flexibility index (Phi) is 5.44. The lowest BCUT2D eigenvalue weighted by molar-refractivity contribution is -0.147. The Bertz CT molecular complexity index is 406. The van der Waals surface area contributed by atoms with Gasteiger partial charge in [0.25, 0.3) is 0 Å². The Morgan fingerprint density at radius 1 is 1.35 bits per heavy atom. The molecule has 7 heteroatoms. The lowest BCUT2D eigenvalue weighted by Crippen LogP contribution is -2.53. The number of thioether (sulfide) groups is 1. The molecule has 0 aromatic rings. The van der Waals surface area contributed by atoms with Gasteiger partial charge < -0.3 is 15.0 Å². The summed E-state index contributed by atoms with van der Waals surface area (Å²) in [6.45, 7) is 7.03. The predicted molar refractivity (Wildman–Crippen MR) is 77.0 cm³/mol. The van der Waals surface area contributed by atoms with Gasteiger partial charge in [0.1, 0.15) is 12.1 Å². The van der Waals surface area contributed by atoms with E-state index in [4.69, 9.17) is 0 Å². The molecule has 1 saturated heterocycles. The fourth-order valence-corrected chi connectivity index (χ4v) is 2.99. The van der Waals surface area contributed by atoms with Crippen molar-refractivity contribution in [2.75, 3.05) is 18.7 Å². The number of nitrogens with one attached hydrogen (secondary N) is 1. The number of amides is 2. The van der Waals surface area contributed by atoms with Crippen molar-refractivity contribution in [2.24, 2.45) is 5.41 Å². The summed E-state index contributed by atoms with van der Waals surface area (Å²) in [4.78, 5) is 37.4. The molecule has 0 bridgehead atoms. The van der Waals surface area contributed by atoms with E-state index in [1.165, 1.54) is 18.9 Å². The van der Waals surface area contributed by atoms with Crippen LogP contribution in [0, 0.1) is 5.41 Å². The highest BCUT2D eigenvalue weighted by molar-refractivity contribution is 7.99. The van der Waals surface area contributed by atoms with Gasteiger partial charge in [-0.1, -0.05) is 20.8 Å². The molecule has 0 spiro atoms. The minimum Gasteiger partial charge on any atom is -0.467 e. The van der Waals surface area contributed by atoms with Gasteiger partial charge in [0, 0.05) is 11.2 Å². The molecular weight excluding hydrogens is 280 g/mol. The molecule has 1 heterocycles. The van der Waals surface area contributed by atoms with Crippen molar-refractivity contribution in [1.29, 1.82) is 0 Å². The fraction of sp³-hybridized carbons (Fsp3) is 0.769. The maximum atomic E-state index is 12.3. The molecule has 1 fully saturated rings. The van der Waals surface area contributed by atoms with Gasteiger partial charge in [-0.2, -0.15) is 0 Å². The highest BCUT2D eigenvalue weighted by atomic mass is 32.2. The highest BCUT2D eigenvalue weighted by Crippen LogP contribution is 2.27. The van der Waals surface area contributed by atoms with E-state index in [0.29, 0.717) is 11.6 Å². The van der Waals surface area contributed by atoms with Crippen LogP contribution in [0.2, 0.25) is 0 Å². The van der Waals surface area contributed by atoms with Gasteiger partial charge in [-0.25, -0.2) is 4.79 Å². The number of nitrogens with zero attached hydrogens (tertiary/aromatic N) is 1. The Hall–Kier alpha value is -1.24. The first-order chi connectivity index (χ1) is 9.18. The molecular formula is C13H22N2O4S. The van der Waals surface area contributed by atoms with Crippen LogP contribution in [0.4, 0.5) is 0 Å². The minimum atomic E-state index is -0.718. The first kappa shape index (κ1) is 16.8. The van der Waals surface area contributed by atoms with Gasteiger partial charge >= 0.3 is 5.97 Å². The summed E-state index contributed by atoms with van der Waals surface area (Å²) in [5, 5.41) is 2.59. The van der Waals surface area contributed by atoms with Crippen LogP contribution in [0.3, 0.4) is 0 Å². The molecule has 0 saturated carbocycles. The lowest BCUT2D eigenvalue weighted by Gasteiger charge is -2.29. The van der Waals surface area contributed by atoms with Gasteiger partial charge in [-0.05, 0) is 6.92 Å². The Labute approximate surface area is 123 Å². The normalized spacial score (nSPS) is 20.4. The van der Waals surface area contributed by atoms with Crippen LogP contribution in [-0.4, -0.2) is 53.5 Å². The molecule has 20 heavy (non-hydrogen) atoms. The largest absolute Gasteiger partial charge is 0.467 e. The van der Waals surface area contributed by atoms with Crippen LogP contribution >= 0.6 is 11.8 Å². The number of hydrogen-bond acceptors (Lipinski definition) is 5. The van der Waals surface area contributed by atoms with Crippen molar-refractivity contribution in [1.82, 2.24) is 10.2 Å². The zero-order chi connectivity index (χ0) is 15.5.